The van der Waals surface area contributed by atoms with Crippen molar-refractivity contribution in [3.05, 3.63) is 85.1 Å². The van der Waals surface area contributed by atoms with Crippen LogP contribution in [0.15, 0.2) is 85.1 Å². The van der Waals surface area contributed by atoms with E-state index in [0.29, 0.717) is 12.8 Å². The summed E-state index contributed by atoms with van der Waals surface area (Å²) in [5, 5.41) is 11.6. The molecule has 0 aromatic heterocycles. The van der Waals surface area contributed by atoms with E-state index in [1.807, 2.05) is 0 Å². The number of ether oxygens (including phenoxy) is 3. The summed E-state index contributed by atoms with van der Waals surface area (Å²) in [5.41, 5.74) is 0. The number of hydrogen-bond donors (Lipinski definition) is 0. The van der Waals surface area contributed by atoms with Gasteiger partial charge in [0.05, 0.1) is 40.3 Å². The van der Waals surface area contributed by atoms with Crippen LogP contribution in [-0.4, -0.2) is 75.5 Å². The predicted molar refractivity (Wildman–Crippen MR) is 245 cm³/mol. The third kappa shape index (κ3) is 39.7. The molecule has 0 spiro atoms. The molecule has 0 radical (unpaired) electrons. The number of hydrogen-bond acceptors (Lipinski definition) is 7. The number of carbonyl (C=O) groups excluding carboxylic acids is 3. The third-order valence-electron chi connectivity index (χ3n) is 9.79. The number of unbranched alkanes of at least 4 members (excludes halogenated alkanes) is 13. The highest BCUT2D eigenvalue weighted by Gasteiger charge is 2.25. The van der Waals surface area contributed by atoms with Crippen molar-refractivity contribution in [3.63, 3.8) is 0 Å². The molecule has 0 rings (SSSR count). The van der Waals surface area contributed by atoms with Gasteiger partial charge in [0.15, 0.2) is 6.10 Å². The van der Waals surface area contributed by atoms with Gasteiger partial charge in [-0.05, 0) is 83.5 Å². The fourth-order valence-corrected chi connectivity index (χ4v) is 6.20. The Labute approximate surface area is 361 Å². The zero-order valence-corrected chi connectivity index (χ0v) is 38.1. The second kappa shape index (κ2) is 41.3. The van der Waals surface area contributed by atoms with Crippen LogP contribution in [0.5, 0.6) is 0 Å². The number of carboxylic acids is 1. The monoisotopic (exact) mass is 824 g/mol. The first-order chi connectivity index (χ1) is 28.6. The Kier molecular flexibility index (Phi) is 38.8. The quantitative estimate of drug-likeness (QED) is 0.0199. The van der Waals surface area contributed by atoms with Crippen molar-refractivity contribution in [2.24, 2.45) is 0 Å². The van der Waals surface area contributed by atoms with E-state index in [-0.39, 0.29) is 42.7 Å². The van der Waals surface area contributed by atoms with Crippen LogP contribution in [0.3, 0.4) is 0 Å². The number of rotatable bonds is 40. The molecule has 0 bridgehead atoms. The van der Waals surface area contributed by atoms with Crippen molar-refractivity contribution >= 4 is 17.9 Å². The first-order valence-electron chi connectivity index (χ1n) is 23.1. The average molecular weight is 824 g/mol. The van der Waals surface area contributed by atoms with E-state index >= 15 is 0 Å². The fraction of sp³-hybridized carbons (Fsp3) is 0.667. The van der Waals surface area contributed by atoms with Crippen LogP contribution in [0.1, 0.15) is 168 Å². The maximum absolute atomic E-state index is 12.7. The number of likely N-dealkylation sites (N-methyl/N-ethyl adjacent to an activating group) is 1. The van der Waals surface area contributed by atoms with Gasteiger partial charge in [-0.25, -0.2) is 0 Å². The molecule has 0 aliphatic rings. The molecule has 8 nitrogen and oxygen atoms in total. The molecule has 0 aliphatic carbocycles. The minimum absolute atomic E-state index is 0.0226. The zero-order chi connectivity index (χ0) is 43.5. The highest BCUT2D eigenvalue weighted by molar-refractivity contribution is 5.70. The largest absolute Gasteiger partial charge is 0.544 e. The van der Waals surface area contributed by atoms with Crippen molar-refractivity contribution in [1.29, 1.82) is 0 Å². The molecule has 2 unspecified atom stereocenters. The molecule has 0 aromatic rings. The van der Waals surface area contributed by atoms with Crippen molar-refractivity contribution in [2.75, 3.05) is 41.0 Å². The van der Waals surface area contributed by atoms with E-state index in [9.17, 15) is 19.5 Å². The smallest absolute Gasteiger partial charge is 0.306 e. The summed E-state index contributed by atoms with van der Waals surface area (Å²) in [6, 6.07) is -0.736. The Hall–Kier alpha value is -3.49. The summed E-state index contributed by atoms with van der Waals surface area (Å²) in [5.74, 6) is -1.79. The van der Waals surface area contributed by atoms with Gasteiger partial charge in [0.1, 0.15) is 12.6 Å². The molecule has 336 valence electrons. The van der Waals surface area contributed by atoms with E-state index in [1.54, 1.807) is 21.1 Å². The predicted octanol–water partition coefficient (Wildman–Crippen LogP) is 11.6. The molecule has 59 heavy (non-hydrogen) atoms. The summed E-state index contributed by atoms with van der Waals surface area (Å²) in [6.07, 6.45) is 53.2. The molecule has 0 fully saturated rings. The van der Waals surface area contributed by atoms with Crippen LogP contribution < -0.4 is 5.11 Å². The van der Waals surface area contributed by atoms with Crippen LogP contribution in [0.25, 0.3) is 0 Å². The van der Waals surface area contributed by atoms with E-state index in [0.717, 1.165) is 103 Å². The van der Waals surface area contributed by atoms with Gasteiger partial charge in [0.2, 0.25) is 0 Å². The fourth-order valence-electron chi connectivity index (χ4n) is 6.20. The Balaban J connectivity index is 4.40. The van der Waals surface area contributed by atoms with Crippen LogP contribution in [-0.2, 0) is 28.6 Å². The molecule has 0 aliphatic heterocycles. The van der Waals surface area contributed by atoms with Crippen molar-refractivity contribution < 1.29 is 38.2 Å². The minimum atomic E-state index is -1.13. The number of esters is 2. The van der Waals surface area contributed by atoms with Gasteiger partial charge in [-0.1, -0.05) is 150 Å². The maximum atomic E-state index is 12.7. The van der Waals surface area contributed by atoms with E-state index in [2.05, 4.69) is 98.9 Å². The molecule has 0 amide bonds. The number of quaternary nitrogens is 1. The first-order valence-corrected chi connectivity index (χ1v) is 23.1. The Morgan fingerprint density at radius 1 is 0.542 bits per heavy atom. The Morgan fingerprint density at radius 2 is 1.00 bits per heavy atom. The van der Waals surface area contributed by atoms with Gasteiger partial charge >= 0.3 is 11.9 Å². The molecule has 0 N–H and O–H groups in total. The van der Waals surface area contributed by atoms with Gasteiger partial charge in [0, 0.05) is 19.3 Å². The number of carbonyl (C=O) groups is 3. The van der Waals surface area contributed by atoms with Crippen molar-refractivity contribution in [3.8, 4) is 0 Å². The van der Waals surface area contributed by atoms with Crippen LogP contribution in [0, 0.1) is 0 Å². The highest BCUT2D eigenvalue weighted by atomic mass is 16.6. The lowest BCUT2D eigenvalue weighted by molar-refractivity contribution is -0.889. The Bertz CT molecular complexity index is 1240. The minimum Gasteiger partial charge on any atom is -0.544 e. The lowest BCUT2D eigenvalue weighted by atomic mass is 10.1. The second-order valence-electron chi connectivity index (χ2n) is 16.3. The summed E-state index contributed by atoms with van der Waals surface area (Å²) < 4.78 is 17.1. The third-order valence-corrected chi connectivity index (χ3v) is 9.79. The van der Waals surface area contributed by atoms with Crippen LogP contribution in [0.4, 0.5) is 0 Å². The SMILES string of the molecule is CC/C=C/C/C=C/C/C=C/C/C=C/C/C=C/CCCCCCC(=O)OCC(COCCC(C(=O)[O-])[N+](C)(C)C)OC(=O)CCCCCCCC/C=C/C=C/CCCCC. The summed E-state index contributed by atoms with van der Waals surface area (Å²) >= 11 is 0. The molecular formula is C51H85NO7. The van der Waals surface area contributed by atoms with Gasteiger partial charge < -0.3 is 28.6 Å². The number of nitrogens with zero attached hydrogens (tertiary/aromatic N) is 1. The van der Waals surface area contributed by atoms with Crippen LogP contribution in [0.2, 0.25) is 0 Å². The van der Waals surface area contributed by atoms with Crippen LogP contribution >= 0.6 is 0 Å². The molecule has 0 saturated carbocycles. The zero-order valence-electron chi connectivity index (χ0n) is 38.1. The Morgan fingerprint density at radius 3 is 1.51 bits per heavy atom. The molecule has 2 atom stereocenters. The molecule has 0 saturated heterocycles. The van der Waals surface area contributed by atoms with Gasteiger partial charge in [-0.3, -0.25) is 9.59 Å². The van der Waals surface area contributed by atoms with Crippen molar-refractivity contribution in [2.45, 2.75) is 180 Å². The average Bonchev–Trinajstić information content (AvgIpc) is 3.19. The number of aliphatic carboxylic acids is 1. The number of carboxylic acid groups (broad SMARTS) is 1. The van der Waals surface area contributed by atoms with E-state index in [1.165, 1.54) is 32.1 Å². The standard InChI is InChI=1S/C51H85NO7/c1-6-8-10-12-14-16-18-20-22-23-24-25-26-28-29-31-33-35-37-39-41-49(53)58-46-47(45-57-44-43-48(51(55)56)52(3,4)5)59-50(54)42-40-38-36-34-32-30-27-21-19-17-15-13-11-9-7-2/h8,10,14-17,19-22,24-25,28-29,47-48H,6-7,9,11-13,18,23,26-27,30-46H2,1-5H3/b10-8+,16-14+,17-15+,21-19+,22-20+,25-24+,29-28+. The topological polar surface area (TPSA) is 102 Å². The lowest BCUT2D eigenvalue weighted by Gasteiger charge is -2.34. The normalized spacial score (nSPS) is 13.7. The molecular weight excluding hydrogens is 739 g/mol. The highest BCUT2D eigenvalue weighted by Crippen LogP contribution is 2.13. The number of allylic oxidation sites excluding steroid dienone is 14. The lowest BCUT2D eigenvalue weighted by Crippen LogP contribution is -2.55. The van der Waals surface area contributed by atoms with E-state index < -0.39 is 18.1 Å². The first kappa shape index (κ1) is 55.5. The van der Waals surface area contributed by atoms with Crippen molar-refractivity contribution in [1.82, 2.24) is 0 Å². The molecule has 0 heterocycles. The molecule has 0 aromatic carbocycles. The summed E-state index contributed by atoms with van der Waals surface area (Å²) in [6.45, 7) is 4.46. The maximum Gasteiger partial charge on any atom is 0.306 e. The van der Waals surface area contributed by atoms with E-state index in [4.69, 9.17) is 14.2 Å². The molecule has 8 heteroatoms. The van der Waals surface area contributed by atoms with Gasteiger partial charge in [-0.15, -0.1) is 0 Å². The van der Waals surface area contributed by atoms with Gasteiger partial charge in [-0.2, -0.15) is 0 Å². The summed E-state index contributed by atoms with van der Waals surface area (Å²) in [7, 11) is 5.39. The van der Waals surface area contributed by atoms with Gasteiger partial charge in [0.25, 0.3) is 0 Å². The summed E-state index contributed by atoms with van der Waals surface area (Å²) in [4.78, 5) is 36.9. The second-order valence-corrected chi connectivity index (χ2v) is 16.3.